The fraction of sp³-hybridized carbons (Fsp3) is 0.400. The van der Waals surface area contributed by atoms with Gasteiger partial charge in [-0.25, -0.2) is 8.42 Å². The highest BCUT2D eigenvalue weighted by Gasteiger charge is 2.21. The molecule has 0 amide bonds. The molecule has 0 aliphatic heterocycles. The molecule has 2 aromatic rings. The third-order valence-electron chi connectivity index (χ3n) is 3.28. The fourth-order valence-electron chi connectivity index (χ4n) is 1.98. The first-order chi connectivity index (χ1) is 9.90. The van der Waals surface area contributed by atoms with Crippen LogP contribution in [0.2, 0.25) is 0 Å². The number of aromatic nitrogens is 1. The van der Waals surface area contributed by atoms with Gasteiger partial charge in [0.05, 0.1) is 10.9 Å². The highest BCUT2D eigenvalue weighted by atomic mass is 32.2. The average molecular weight is 307 g/mol. The number of rotatable bonds is 6. The molecule has 1 aromatic heterocycles. The van der Waals surface area contributed by atoms with E-state index in [2.05, 4.69) is 15.0 Å². The minimum atomic E-state index is -3.43. The van der Waals surface area contributed by atoms with E-state index in [4.69, 9.17) is 0 Å². The molecule has 5 nitrogen and oxygen atoms in total. The number of sulfonamides is 1. The molecule has 114 valence electrons. The first-order valence-electron chi connectivity index (χ1n) is 6.98. The molecule has 0 saturated heterocycles. The number of pyridine rings is 1. The second-order valence-corrected chi connectivity index (χ2v) is 7.52. The summed E-state index contributed by atoms with van der Waals surface area (Å²) < 4.78 is 27.5. The summed E-state index contributed by atoms with van der Waals surface area (Å²) in [5.41, 5.74) is 0.589. The normalized spacial score (nSPS) is 13.5. The maximum atomic E-state index is 12.4. The molecule has 0 aliphatic rings. The summed E-state index contributed by atoms with van der Waals surface area (Å²) in [4.78, 5) is 4.05. The highest BCUT2D eigenvalue weighted by molar-refractivity contribution is 7.93. The van der Waals surface area contributed by atoms with Gasteiger partial charge in [0.2, 0.25) is 10.0 Å². The Morgan fingerprint density at radius 3 is 2.67 bits per heavy atom. The van der Waals surface area contributed by atoms with Crippen molar-refractivity contribution < 1.29 is 8.42 Å². The molecule has 0 radical (unpaired) electrons. The Bertz CT molecular complexity index is 708. The van der Waals surface area contributed by atoms with Crippen LogP contribution in [0.4, 0.5) is 5.69 Å². The summed E-state index contributed by atoms with van der Waals surface area (Å²) in [7, 11) is -3.43. The summed E-state index contributed by atoms with van der Waals surface area (Å²) in [6, 6.07) is 7.56. The van der Waals surface area contributed by atoms with E-state index in [-0.39, 0.29) is 6.04 Å². The Hall–Kier alpha value is -1.66. The van der Waals surface area contributed by atoms with Crippen LogP contribution in [-0.2, 0) is 10.0 Å². The maximum absolute atomic E-state index is 12.4. The van der Waals surface area contributed by atoms with Crippen molar-refractivity contribution in [3.05, 3.63) is 36.7 Å². The number of anilines is 1. The molecule has 0 fully saturated rings. The van der Waals surface area contributed by atoms with E-state index in [0.717, 1.165) is 10.8 Å². The van der Waals surface area contributed by atoms with Crippen molar-refractivity contribution in [3.63, 3.8) is 0 Å². The van der Waals surface area contributed by atoms with Gasteiger partial charge in [-0.2, -0.15) is 0 Å². The van der Waals surface area contributed by atoms with Crippen LogP contribution in [0.3, 0.4) is 0 Å². The average Bonchev–Trinajstić information content (AvgIpc) is 2.44. The van der Waals surface area contributed by atoms with E-state index in [1.807, 2.05) is 32.0 Å². The molecule has 1 aromatic carbocycles. The Labute approximate surface area is 125 Å². The first-order valence-corrected chi connectivity index (χ1v) is 8.52. The SMILES string of the molecule is CC(C)NCC(C)S(=O)(=O)Nc1cccc2cnccc12. The molecule has 1 heterocycles. The van der Waals surface area contributed by atoms with Crippen LogP contribution in [0.1, 0.15) is 20.8 Å². The zero-order valence-electron chi connectivity index (χ0n) is 12.5. The number of nitrogens with zero attached hydrogens (tertiary/aromatic N) is 1. The van der Waals surface area contributed by atoms with E-state index >= 15 is 0 Å². The van der Waals surface area contributed by atoms with Crippen LogP contribution in [0.15, 0.2) is 36.7 Å². The van der Waals surface area contributed by atoms with Gasteiger partial charge in [0.1, 0.15) is 0 Å². The third-order valence-corrected chi connectivity index (χ3v) is 5.01. The van der Waals surface area contributed by atoms with E-state index in [1.165, 1.54) is 0 Å². The highest BCUT2D eigenvalue weighted by Crippen LogP contribution is 2.23. The van der Waals surface area contributed by atoms with Crippen molar-refractivity contribution in [2.24, 2.45) is 0 Å². The summed E-state index contributed by atoms with van der Waals surface area (Å²) in [5.74, 6) is 0. The molecular formula is C15H21N3O2S. The van der Waals surface area contributed by atoms with Crippen LogP contribution in [0.25, 0.3) is 10.8 Å². The van der Waals surface area contributed by atoms with Gasteiger partial charge in [0.25, 0.3) is 0 Å². The molecule has 6 heteroatoms. The first kappa shape index (κ1) is 15.7. The largest absolute Gasteiger partial charge is 0.313 e. The Morgan fingerprint density at radius 2 is 1.95 bits per heavy atom. The van der Waals surface area contributed by atoms with Gasteiger partial charge in [-0.3, -0.25) is 9.71 Å². The fourth-order valence-corrected chi connectivity index (χ4v) is 2.98. The molecule has 0 spiro atoms. The number of hydrogen-bond donors (Lipinski definition) is 2. The van der Waals surface area contributed by atoms with Gasteiger partial charge in [-0.15, -0.1) is 0 Å². The molecule has 2 rings (SSSR count). The number of benzene rings is 1. The van der Waals surface area contributed by atoms with Crippen LogP contribution in [-0.4, -0.2) is 31.2 Å². The van der Waals surface area contributed by atoms with E-state index in [1.54, 1.807) is 25.4 Å². The number of hydrogen-bond acceptors (Lipinski definition) is 4. The summed E-state index contributed by atoms with van der Waals surface area (Å²) in [5, 5.41) is 4.38. The Kier molecular flexibility index (Phi) is 4.80. The molecule has 2 N–H and O–H groups in total. The zero-order chi connectivity index (χ0) is 15.5. The molecule has 1 atom stereocenters. The lowest BCUT2D eigenvalue weighted by Crippen LogP contribution is -2.37. The standard InChI is InChI=1S/C15H21N3O2S/c1-11(2)17-9-12(3)21(19,20)18-15-6-4-5-13-10-16-8-7-14(13)15/h4-8,10-12,17-18H,9H2,1-3H3. The predicted molar refractivity (Wildman–Crippen MR) is 86.9 cm³/mol. The minimum Gasteiger partial charge on any atom is -0.313 e. The van der Waals surface area contributed by atoms with Crippen LogP contribution in [0.5, 0.6) is 0 Å². The van der Waals surface area contributed by atoms with Gasteiger partial charge in [0.15, 0.2) is 0 Å². The van der Waals surface area contributed by atoms with Crippen molar-refractivity contribution in [3.8, 4) is 0 Å². The lowest BCUT2D eigenvalue weighted by molar-refractivity contribution is 0.553. The van der Waals surface area contributed by atoms with Crippen molar-refractivity contribution in [1.29, 1.82) is 0 Å². The second kappa shape index (κ2) is 6.41. The molecule has 0 aliphatic carbocycles. The van der Waals surface area contributed by atoms with Gasteiger partial charge in [-0.05, 0) is 19.1 Å². The number of nitrogens with one attached hydrogen (secondary N) is 2. The topological polar surface area (TPSA) is 71.1 Å². The number of fused-ring (bicyclic) bond motifs is 1. The van der Waals surface area contributed by atoms with E-state index < -0.39 is 15.3 Å². The van der Waals surface area contributed by atoms with Crippen molar-refractivity contribution >= 4 is 26.5 Å². The van der Waals surface area contributed by atoms with Crippen LogP contribution >= 0.6 is 0 Å². The quantitative estimate of drug-likeness (QED) is 0.859. The predicted octanol–water partition coefficient (Wildman–Crippen LogP) is 2.36. The van der Waals surface area contributed by atoms with Crippen molar-refractivity contribution in [2.75, 3.05) is 11.3 Å². The van der Waals surface area contributed by atoms with Crippen molar-refractivity contribution in [1.82, 2.24) is 10.3 Å². The van der Waals surface area contributed by atoms with Gasteiger partial charge < -0.3 is 5.32 Å². The van der Waals surface area contributed by atoms with E-state index in [9.17, 15) is 8.42 Å². The molecule has 0 saturated carbocycles. The van der Waals surface area contributed by atoms with Crippen molar-refractivity contribution in [2.45, 2.75) is 32.1 Å². The summed E-state index contributed by atoms with van der Waals surface area (Å²) >= 11 is 0. The molecular weight excluding hydrogens is 286 g/mol. The molecule has 21 heavy (non-hydrogen) atoms. The van der Waals surface area contributed by atoms with Gasteiger partial charge >= 0.3 is 0 Å². The van der Waals surface area contributed by atoms with Crippen LogP contribution in [0, 0.1) is 0 Å². The third kappa shape index (κ3) is 3.92. The smallest absolute Gasteiger partial charge is 0.236 e. The summed E-state index contributed by atoms with van der Waals surface area (Å²) in [6.07, 6.45) is 3.38. The zero-order valence-corrected chi connectivity index (χ0v) is 13.3. The van der Waals surface area contributed by atoms with E-state index in [0.29, 0.717) is 12.2 Å². The van der Waals surface area contributed by atoms with Crippen LogP contribution < -0.4 is 10.0 Å². The lowest BCUT2D eigenvalue weighted by Gasteiger charge is -2.17. The second-order valence-electron chi connectivity index (χ2n) is 5.42. The minimum absolute atomic E-state index is 0.256. The lowest BCUT2D eigenvalue weighted by atomic mass is 10.1. The monoisotopic (exact) mass is 307 g/mol. The van der Waals surface area contributed by atoms with Gasteiger partial charge in [-0.1, -0.05) is 26.0 Å². The maximum Gasteiger partial charge on any atom is 0.236 e. The Morgan fingerprint density at radius 1 is 1.19 bits per heavy atom. The Balaban J connectivity index is 2.22. The molecule has 0 bridgehead atoms. The summed E-state index contributed by atoms with van der Waals surface area (Å²) in [6.45, 7) is 6.10. The van der Waals surface area contributed by atoms with Gasteiger partial charge in [0, 0.05) is 35.8 Å². The molecule has 1 unspecified atom stereocenters.